The van der Waals surface area contributed by atoms with Crippen molar-refractivity contribution in [1.82, 2.24) is 10.1 Å². The molecule has 4 rings (SSSR count). The van der Waals surface area contributed by atoms with E-state index in [1.165, 1.54) is 12.1 Å². The van der Waals surface area contributed by atoms with E-state index in [2.05, 4.69) is 5.16 Å². The van der Waals surface area contributed by atoms with Crippen LogP contribution in [0.15, 0.2) is 59.1 Å². The summed E-state index contributed by atoms with van der Waals surface area (Å²) < 4.78 is 24.0. The lowest BCUT2D eigenvalue weighted by molar-refractivity contribution is -0.133. The summed E-state index contributed by atoms with van der Waals surface area (Å²) in [5.41, 5.74) is 2.43. The highest BCUT2D eigenvalue weighted by Crippen LogP contribution is 2.32. The highest BCUT2D eigenvalue weighted by molar-refractivity contribution is 5.79. The van der Waals surface area contributed by atoms with Crippen LogP contribution in [0.4, 0.5) is 4.39 Å². The van der Waals surface area contributed by atoms with Crippen molar-refractivity contribution < 1.29 is 18.4 Å². The number of benzene rings is 2. The summed E-state index contributed by atoms with van der Waals surface area (Å²) in [5.74, 6) is 1.10. The first kappa shape index (κ1) is 20.1. The minimum Gasteiger partial charge on any atom is -0.497 e. The van der Waals surface area contributed by atoms with Crippen molar-refractivity contribution >= 4 is 5.91 Å². The maximum Gasteiger partial charge on any atom is 0.227 e. The van der Waals surface area contributed by atoms with Crippen LogP contribution in [-0.2, 0) is 11.2 Å². The molecule has 0 N–H and O–H groups in total. The van der Waals surface area contributed by atoms with Crippen molar-refractivity contribution in [2.45, 2.75) is 38.1 Å². The highest BCUT2D eigenvalue weighted by atomic mass is 19.1. The molecule has 0 radical (unpaired) electrons. The molecular formula is C24H25FN2O3. The summed E-state index contributed by atoms with van der Waals surface area (Å²) in [6.45, 7) is 0.701. The first-order valence-corrected chi connectivity index (χ1v) is 10.3. The third-order valence-corrected chi connectivity index (χ3v) is 5.56. The Bertz CT molecular complexity index is 1000. The van der Waals surface area contributed by atoms with Crippen molar-refractivity contribution in [1.29, 1.82) is 0 Å². The third-order valence-electron chi connectivity index (χ3n) is 5.56. The van der Waals surface area contributed by atoms with Crippen LogP contribution in [0.1, 0.15) is 43.0 Å². The number of methoxy groups -OCH3 is 1. The average Bonchev–Trinajstić information content (AvgIpc) is 3.11. The molecule has 0 spiro atoms. The second-order valence-electron chi connectivity index (χ2n) is 7.60. The van der Waals surface area contributed by atoms with Crippen LogP contribution in [-0.4, -0.2) is 29.6 Å². The molecule has 0 bridgehead atoms. The van der Waals surface area contributed by atoms with Gasteiger partial charge in [0.05, 0.1) is 19.6 Å². The van der Waals surface area contributed by atoms with Crippen molar-refractivity contribution in [2.75, 3.05) is 13.7 Å². The number of hydrogen-bond donors (Lipinski definition) is 0. The number of rotatable bonds is 5. The zero-order chi connectivity index (χ0) is 20.9. The van der Waals surface area contributed by atoms with E-state index in [1.807, 2.05) is 35.2 Å². The average molecular weight is 408 g/mol. The zero-order valence-corrected chi connectivity index (χ0v) is 17.0. The molecule has 1 atom stereocenters. The predicted octanol–water partition coefficient (Wildman–Crippen LogP) is 5.18. The molecule has 1 aromatic heterocycles. The van der Waals surface area contributed by atoms with Gasteiger partial charge in [-0.25, -0.2) is 4.39 Å². The van der Waals surface area contributed by atoms with E-state index in [0.29, 0.717) is 18.7 Å². The van der Waals surface area contributed by atoms with Gasteiger partial charge in [-0.1, -0.05) is 30.1 Å². The third kappa shape index (κ3) is 4.53. The fourth-order valence-electron chi connectivity index (χ4n) is 3.97. The van der Waals surface area contributed by atoms with E-state index in [9.17, 15) is 9.18 Å². The molecule has 1 aliphatic heterocycles. The SMILES string of the molecule is COc1cccc(CC(=O)N2CCCCC[C@H]2c2cc(-c3ccc(F)cc3)on2)c1. The van der Waals surface area contributed by atoms with Gasteiger partial charge in [-0.15, -0.1) is 0 Å². The van der Waals surface area contributed by atoms with Crippen LogP contribution in [0, 0.1) is 5.82 Å². The van der Waals surface area contributed by atoms with Crippen molar-refractivity contribution in [2.24, 2.45) is 0 Å². The first-order chi connectivity index (χ1) is 14.6. The molecule has 6 heteroatoms. The number of likely N-dealkylation sites (tertiary alicyclic amines) is 1. The molecule has 0 saturated carbocycles. The minimum atomic E-state index is -0.295. The Kier molecular flexibility index (Phi) is 6.12. The molecule has 2 aromatic carbocycles. The Balaban J connectivity index is 1.55. The first-order valence-electron chi connectivity index (χ1n) is 10.3. The molecule has 2 heterocycles. The molecular weight excluding hydrogens is 383 g/mol. The number of nitrogens with zero attached hydrogens (tertiary/aromatic N) is 2. The molecule has 0 unspecified atom stereocenters. The number of amides is 1. The van der Waals surface area contributed by atoms with Crippen LogP contribution >= 0.6 is 0 Å². The fourth-order valence-corrected chi connectivity index (χ4v) is 3.97. The van der Waals surface area contributed by atoms with Gasteiger partial charge in [0, 0.05) is 18.2 Å². The van der Waals surface area contributed by atoms with Crippen LogP contribution in [0.3, 0.4) is 0 Å². The lowest BCUT2D eigenvalue weighted by Crippen LogP contribution is -2.36. The summed E-state index contributed by atoms with van der Waals surface area (Å²) in [4.78, 5) is 15.1. The highest BCUT2D eigenvalue weighted by Gasteiger charge is 2.29. The van der Waals surface area contributed by atoms with Gasteiger partial charge in [-0.3, -0.25) is 4.79 Å². The molecule has 1 fully saturated rings. The van der Waals surface area contributed by atoms with Crippen molar-refractivity contribution in [3.8, 4) is 17.1 Å². The van der Waals surface area contributed by atoms with Gasteiger partial charge in [-0.2, -0.15) is 0 Å². The van der Waals surface area contributed by atoms with Gasteiger partial charge >= 0.3 is 0 Å². The van der Waals surface area contributed by atoms with Crippen LogP contribution in [0.5, 0.6) is 5.75 Å². The summed E-state index contributed by atoms with van der Waals surface area (Å²) in [5, 5.41) is 4.26. The van der Waals surface area contributed by atoms with Gasteiger partial charge in [0.1, 0.15) is 17.3 Å². The quantitative estimate of drug-likeness (QED) is 0.584. The van der Waals surface area contributed by atoms with Crippen molar-refractivity contribution in [3.63, 3.8) is 0 Å². The molecule has 0 aliphatic carbocycles. The number of carbonyl (C=O) groups excluding carboxylic acids is 1. The lowest BCUT2D eigenvalue weighted by Gasteiger charge is -2.28. The standard InChI is InChI=1S/C24H25FN2O3/c1-29-20-7-5-6-17(14-20)15-24(28)27-13-4-2-3-8-22(27)21-16-23(30-26-21)18-9-11-19(25)12-10-18/h5-7,9-12,14,16,22H,2-4,8,13,15H2,1H3/t22-/m0/s1. The fraction of sp³-hybridized carbons (Fsp3) is 0.333. The summed E-state index contributed by atoms with van der Waals surface area (Å²) >= 11 is 0. The Labute approximate surface area is 175 Å². The lowest BCUT2D eigenvalue weighted by atomic mass is 10.0. The smallest absolute Gasteiger partial charge is 0.227 e. The van der Waals surface area contributed by atoms with E-state index in [0.717, 1.165) is 48.3 Å². The van der Waals surface area contributed by atoms with E-state index in [-0.39, 0.29) is 17.8 Å². The number of carbonyl (C=O) groups is 1. The predicted molar refractivity (Wildman–Crippen MR) is 112 cm³/mol. The van der Waals surface area contributed by atoms with E-state index < -0.39 is 0 Å². The summed E-state index contributed by atoms with van der Waals surface area (Å²) in [7, 11) is 1.62. The Hall–Kier alpha value is -3.15. The number of aromatic nitrogens is 1. The van der Waals surface area contributed by atoms with Crippen LogP contribution in [0.25, 0.3) is 11.3 Å². The van der Waals surface area contributed by atoms with E-state index in [4.69, 9.17) is 9.26 Å². The normalized spacial score (nSPS) is 16.9. The van der Waals surface area contributed by atoms with E-state index >= 15 is 0 Å². The molecule has 30 heavy (non-hydrogen) atoms. The topological polar surface area (TPSA) is 55.6 Å². The number of halogens is 1. The molecule has 1 amide bonds. The van der Waals surface area contributed by atoms with Crippen LogP contribution in [0.2, 0.25) is 0 Å². The number of ether oxygens (including phenoxy) is 1. The van der Waals surface area contributed by atoms with Crippen molar-refractivity contribution in [3.05, 3.63) is 71.7 Å². The Morgan fingerprint density at radius 2 is 2.00 bits per heavy atom. The molecule has 1 saturated heterocycles. The summed E-state index contributed by atoms with van der Waals surface area (Å²) in [6.07, 6.45) is 4.26. The number of hydrogen-bond acceptors (Lipinski definition) is 4. The largest absolute Gasteiger partial charge is 0.497 e. The van der Waals surface area contributed by atoms with Gasteiger partial charge in [0.15, 0.2) is 5.76 Å². The van der Waals surface area contributed by atoms with Gasteiger partial charge in [0.25, 0.3) is 0 Å². The van der Waals surface area contributed by atoms with Gasteiger partial charge in [0.2, 0.25) is 5.91 Å². The monoisotopic (exact) mass is 408 g/mol. The minimum absolute atomic E-state index is 0.0708. The Morgan fingerprint density at radius 3 is 2.80 bits per heavy atom. The zero-order valence-electron chi connectivity index (χ0n) is 17.0. The molecule has 156 valence electrons. The maximum absolute atomic E-state index is 13.2. The summed E-state index contributed by atoms with van der Waals surface area (Å²) in [6, 6.07) is 15.5. The second-order valence-corrected chi connectivity index (χ2v) is 7.60. The maximum atomic E-state index is 13.2. The molecule has 3 aromatic rings. The van der Waals surface area contributed by atoms with Gasteiger partial charge < -0.3 is 14.2 Å². The second kappa shape index (κ2) is 9.11. The van der Waals surface area contributed by atoms with E-state index in [1.54, 1.807) is 19.2 Å². The Morgan fingerprint density at radius 1 is 1.17 bits per heavy atom. The van der Waals surface area contributed by atoms with Crippen LogP contribution < -0.4 is 4.74 Å². The molecule has 5 nitrogen and oxygen atoms in total. The molecule has 1 aliphatic rings. The van der Waals surface area contributed by atoms with Gasteiger partial charge in [-0.05, 0) is 54.8 Å².